The number of unbranched alkanes of at least 4 members (excludes halogenated alkanes) is 20. The monoisotopic (exact) mass is 566 g/mol. The Kier molecular flexibility index (Phi) is 28.9. The zero-order valence-corrected chi connectivity index (χ0v) is 29.1. The van der Waals surface area contributed by atoms with Gasteiger partial charge in [0.25, 0.3) is 0 Å². The zero-order valence-electron chi connectivity index (χ0n) is 29.1. The first-order valence-electron chi connectivity index (χ1n) is 18.8. The number of rotatable bonds is 32. The SMILES string of the molecule is CCCCCCCCN(CCCCCCCC)C(C)(C(N)CC)N(CCCCCCCC)CCCCCCCC. The lowest BCUT2D eigenvalue weighted by Crippen LogP contribution is -2.68. The van der Waals surface area contributed by atoms with Crippen LogP contribution in [0.5, 0.6) is 0 Å². The van der Waals surface area contributed by atoms with Crippen molar-refractivity contribution in [2.24, 2.45) is 5.73 Å². The molecule has 0 bridgehead atoms. The molecule has 0 aliphatic carbocycles. The van der Waals surface area contributed by atoms with E-state index >= 15 is 0 Å². The predicted molar refractivity (Wildman–Crippen MR) is 183 cm³/mol. The molecular formula is C37H79N3. The van der Waals surface area contributed by atoms with Gasteiger partial charge in [0.15, 0.2) is 0 Å². The van der Waals surface area contributed by atoms with E-state index < -0.39 is 0 Å². The summed E-state index contributed by atoms with van der Waals surface area (Å²) in [6.45, 7) is 19.0. The van der Waals surface area contributed by atoms with E-state index in [1.807, 2.05) is 0 Å². The normalized spacial score (nSPS) is 13.1. The van der Waals surface area contributed by atoms with Gasteiger partial charge in [0.1, 0.15) is 0 Å². The van der Waals surface area contributed by atoms with Crippen molar-refractivity contribution in [3.05, 3.63) is 0 Å². The maximum absolute atomic E-state index is 7.15. The molecule has 40 heavy (non-hydrogen) atoms. The molecule has 0 saturated carbocycles. The molecule has 0 aliphatic heterocycles. The third-order valence-corrected chi connectivity index (χ3v) is 9.55. The van der Waals surface area contributed by atoms with Crippen molar-refractivity contribution >= 4 is 0 Å². The van der Waals surface area contributed by atoms with Gasteiger partial charge in [-0.2, -0.15) is 0 Å². The molecule has 0 spiro atoms. The Morgan fingerprint density at radius 1 is 0.400 bits per heavy atom. The molecule has 0 aromatic carbocycles. The average Bonchev–Trinajstić information content (AvgIpc) is 2.97. The standard InChI is InChI=1S/C37H79N3/c1-7-12-16-20-24-28-32-39(33-29-25-21-17-13-8-2)37(6,36(38)11-5)40(34-30-26-22-18-14-9-3)35-31-27-23-19-15-10-4/h36H,7-35,38H2,1-6H3. The van der Waals surface area contributed by atoms with E-state index in [9.17, 15) is 0 Å². The summed E-state index contributed by atoms with van der Waals surface area (Å²) < 4.78 is 0. The molecule has 0 aromatic heterocycles. The van der Waals surface area contributed by atoms with Crippen LogP contribution in [0.3, 0.4) is 0 Å². The highest BCUT2D eigenvalue weighted by atomic mass is 15.4. The lowest BCUT2D eigenvalue weighted by molar-refractivity contribution is -0.0693. The van der Waals surface area contributed by atoms with Gasteiger partial charge in [0, 0.05) is 6.04 Å². The first kappa shape index (κ1) is 39.9. The van der Waals surface area contributed by atoms with Crippen molar-refractivity contribution in [1.82, 2.24) is 9.80 Å². The van der Waals surface area contributed by atoms with Crippen molar-refractivity contribution in [2.45, 2.75) is 214 Å². The van der Waals surface area contributed by atoms with Crippen LogP contribution in [0.2, 0.25) is 0 Å². The summed E-state index contributed by atoms with van der Waals surface area (Å²) in [7, 11) is 0. The topological polar surface area (TPSA) is 32.5 Å². The molecule has 1 atom stereocenters. The first-order valence-corrected chi connectivity index (χ1v) is 18.8. The molecule has 0 saturated heterocycles. The summed E-state index contributed by atoms with van der Waals surface area (Å²) in [4.78, 5) is 5.77. The lowest BCUT2D eigenvalue weighted by atomic mass is 9.93. The van der Waals surface area contributed by atoms with Gasteiger partial charge in [0.05, 0.1) is 5.66 Å². The smallest absolute Gasteiger partial charge is 0.0864 e. The quantitative estimate of drug-likeness (QED) is 0.0650. The lowest BCUT2D eigenvalue weighted by Gasteiger charge is -2.52. The molecule has 0 rings (SSSR count). The van der Waals surface area contributed by atoms with Gasteiger partial charge in [-0.05, 0) is 65.2 Å². The Balaban J connectivity index is 5.58. The molecule has 3 heteroatoms. The van der Waals surface area contributed by atoms with Crippen molar-refractivity contribution in [3.8, 4) is 0 Å². The number of nitrogens with zero attached hydrogens (tertiary/aromatic N) is 2. The van der Waals surface area contributed by atoms with Gasteiger partial charge in [-0.3, -0.25) is 9.80 Å². The third kappa shape index (κ3) is 19.1. The number of nitrogens with two attached hydrogens (primary N) is 1. The summed E-state index contributed by atoms with van der Waals surface area (Å²) in [5.74, 6) is 0. The van der Waals surface area contributed by atoms with E-state index in [1.165, 1.54) is 180 Å². The predicted octanol–water partition coefficient (Wildman–Crippen LogP) is 11.5. The van der Waals surface area contributed by atoms with Gasteiger partial charge in [-0.1, -0.05) is 163 Å². The molecule has 1 unspecified atom stereocenters. The summed E-state index contributed by atoms with van der Waals surface area (Å²) in [6, 6.07) is 0.202. The minimum atomic E-state index is -0.0333. The largest absolute Gasteiger partial charge is 0.325 e. The molecule has 0 heterocycles. The molecule has 0 amide bonds. The van der Waals surface area contributed by atoms with Gasteiger partial charge < -0.3 is 5.73 Å². The van der Waals surface area contributed by atoms with Crippen LogP contribution in [0.25, 0.3) is 0 Å². The zero-order chi connectivity index (χ0) is 29.7. The van der Waals surface area contributed by atoms with Crippen LogP contribution < -0.4 is 5.73 Å². The second kappa shape index (κ2) is 29.0. The molecule has 3 nitrogen and oxygen atoms in total. The third-order valence-electron chi connectivity index (χ3n) is 9.55. The molecular weight excluding hydrogens is 486 g/mol. The fourth-order valence-corrected chi connectivity index (χ4v) is 6.52. The van der Waals surface area contributed by atoms with E-state index in [0.717, 1.165) is 6.42 Å². The summed E-state index contributed by atoms with van der Waals surface area (Å²) in [6.07, 6.45) is 34.0. The van der Waals surface area contributed by atoms with Crippen LogP contribution in [0.4, 0.5) is 0 Å². The summed E-state index contributed by atoms with van der Waals surface area (Å²) in [5, 5.41) is 0. The van der Waals surface area contributed by atoms with Crippen molar-refractivity contribution in [1.29, 1.82) is 0 Å². The molecule has 242 valence electrons. The molecule has 0 radical (unpaired) electrons. The number of hydrogen-bond donors (Lipinski definition) is 1. The average molecular weight is 566 g/mol. The van der Waals surface area contributed by atoms with Crippen molar-refractivity contribution < 1.29 is 0 Å². The fraction of sp³-hybridized carbons (Fsp3) is 1.00. The summed E-state index contributed by atoms with van der Waals surface area (Å²) in [5.41, 5.74) is 7.12. The van der Waals surface area contributed by atoms with Crippen LogP contribution in [0.1, 0.15) is 202 Å². The van der Waals surface area contributed by atoms with E-state index in [0.29, 0.717) is 0 Å². The Morgan fingerprint density at radius 3 is 0.850 bits per heavy atom. The van der Waals surface area contributed by atoms with Gasteiger partial charge >= 0.3 is 0 Å². The van der Waals surface area contributed by atoms with Crippen LogP contribution in [0, 0.1) is 0 Å². The summed E-state index contributed by atoms with van der Waals surface area (Å²) >= 11 is 0. The van der Waals surface area contributed by atoms with Gasteiger partial charge in [-0.15, -0.1) is 0 Å². The van der Waals surface area contributed by atoms with Crippen LogP contribution in [-0.2, 0) is 0 Å². The fourth-order valence-electron chi connectivity index (χ4n) is 6.52. The Labute approximate surface area is 255 Å². The molecule has 0 aliphatic rings. The van der Waals surface area contributed by atoms with E-state index in [2.05, 4.69) is 51.3 Å². The van der Waals surface area contributed by atoms with Crippen LogP contribution >= 0.6 is 0 Å². The van der Waals surface area contributed by atoms with Crippen molar-refractivity contribution in [3.63, 3.8) is 0 Å². The van der Waals surface area contributed by atoms with Crippen LogP contribution in [-0.4, -0.2) is 47.7 Å². The second-order valence-electron chi connectivity index (χ2n) is 13.2. The number of hydrogen-bond acceptors (Lipinski definition) is 3. The van der Waals surface area contributed by atoms with E-state index in [1.54, 1.807) is 0 Å². The maximum atomic E-state index is 7.15. The molecule has 2 N–H and O–H groups in total. The van der Waals surface area contributed by atoms with E-state index in [4.69, 9.17) is 5.73 Å². The van der Waals surface area contributed by atoms with Gasteiger partial charge in [-0.25, -0.2) is 0 Å². The minimum absolute atomic E-state index is 0.0333. The maximum Gasteiger partial charge on any atom is 0.0864 e. The second-order valence-corrected chi connectivity index (χ2v) is 13.2. The Morgan fingerprint density at radius 2 is 0.625 bits per heavy atom. The van der Waals surface area contributed by atoms with Gasteiger partial charge in [0.2, 0.25) is 0 Å². The van der Waals surface area contributed by atoms with Crippen molar-refractivity contribution in [2.75, 3.05) is 26.2 Å². The van der Waals surface area contributed by atoms with Crippen LogP contribution in [0.15, 0.2) is 0 Å². The van der Waals surface area contributed by atoms with E-state index in [-0.39, 0.29) is 11.7 Å². The molecule has 0 fully saturated rings. The molecule has 0 aromatic rings. The first-order chi connectivity index (χ1) is 19.5. The highest BCUT2D eigenvalue weighted by Crippen LogP contribution is 2.29. The highest BCUT2D eigenvalue weighted by Gasteiger charge is 2.41. The highest BCUT2D eigenvalue weighted by molar-refractivity contribution is 4.95. The Bertz CT molecular complexity index is 426. The minimum Gasteiger partial charge on any atom is -0.325 e. The Hall–Kier alpha value is -0.120.